The van der Waals surface area contributed by atoms with Crippen LogP contribution in [0, 0.1) is 6.92 Å². The molecular formula is C18H20N2O4S. The number of fused-ring (bicyclic) bond motifs is 1. The molecule has 7 heteroatoms. The van der Waals surface area contributed by atoms with Crippen LogP contribution in [0.1, 0.15) is 32.6 Å². The van der Waals surface area contributed by atoms with Gasteiger partial charge in [-0.05, 0) is 47.4 Å². The minimum Gasteiger partial charge on any atom is -0.465 e. The van der Waals surface area contributed by atoms with Crippen molar-refractivity contribution in [3.05, 3.63) is 64.2 Å². The van der Waals surface area contributed by atoms with Gasteiger partial charge in [0, 0.05) is 19.6 Å². The molecule has 3 rings (SSSR count). The molecule has 0 fully saturated rings. The summed E-state index contributed by atoms with van der Waals surface area (Å²) in [6.07, 6.45) is 0. The number of carbonyl (C=O) groups is 1. The number of hydrogen-bond donors (Lipinski definition) is 2. The van der Waals surface area contributed by atoms with Crippen LogP contribution in [0.3, 0.4) is 0 Å². The van der Waals surface area contributed by atoms with Gasteiger partial charge in [-0.1, -0.05) is 18.2 Å². The monoisotopic (exact) mass is 360 g/mol. The maximum atomic E-state index is 12.5. The maximum Gasteiger partial charge on any atom is 0.338 e. The highest BCUT2D eigenvalue weighted by molar-refractivity contribution is 7.89. The van der Waals surface area contributed by atoms with Gasteiger partial charge in [0.25, 0.3) is 0 Å². The Kier molecular flexibility index (Phi) is 4.89. The lowest BCUT2D eigenvalue weighted by Gasteiger charge is -2.10. The third kappa shape index (κ3) is 3.73. The van der Waals surface area contributed by atoms with E-state index in [0.29, 0.717) is 11.1 Å². The number of aryl methyl sites for hydroxylation is 1. The molecule has 25 heavy (non-hydrogen) atoms. The van der Waals surface area contributed by atoms with Crippen molar-refractivity contribution in [2.75, 3.05) is 7.11 Å². The van der Waals surface area contributed by atoms with Crippen LogP contribution in [0.25, 0.3) is 0 Å². The molecule has 0 saturated heterocycles. The van der Waals surface area contributed by atoms with Crippen molar-refractivity contribution >= 4 is 16.0 Å². The molecule has 0 bridgehead atoms. The molecule has 1 aliphatic heterocycles. The Bertz CT molecular complexity index is 923. The third-order valence-electron chi connectivity index (χ3n) is 4.28. The van der Waals surface area contributed by atoms with Crippen LogP contribution in [0.5, 0.6) is 0 Å². The van der Waals surface area contributed by atoms with Crippen LogP contribution < -0.4 is 10.0 Å². The van der Waals surface area contributed by atoms with Crippen molar-refractivity contribution in [1.82, 2.24) is 10.0 Å². The molecule has 6 nitrogen and oxygen atoms in total. The van der Waals surface area contributed by atoms with Gasteiger partial charge in [-0.25, -0.2) is 17.9 Å². The summed E-state index contributed by atoms with van der Waals surface area (Å²) in [5, 5.41) is 3.26. The molecule has 1 heterocycles. The summed E-state index contributed by atoms with van der Waals surface area (Å²) in [5.41, 5.74) is 4.27. The van der Waals surface area contributed by atoms with E-state index in [0.717, 1.165) is 18.7 Å². The fourth-order valence-electron chi connectivity index (χ4n) is 2.86. The smallest absolute Gasteiger partial charge is 0.338 e. The first kappa shape index (κ1) is 17.6. The number of benzene rings is 2. The van der Waals surface area contributed by atoms with Gasteiger partial charge >= 0.3 is 5.97 Å². The lowest BCUT2D eigenvalue weighted by atomic mass is 10.1. The molecule has 2 N–H and O–H groups in total. The molecule has 0 spiro atoms. The number of carbonyl (C=O) groups excluding carboxylic acids is 1. The van der Waals surface area contributed by atoms with Crippen LogP contribution in [-0.2, 0) is 34.4 Å². The normalized spacial score (nSPS) is 13.5. The lowest BCUT2D eigenvalue weighted by molar-refractivity contribution is 0.0600. The maximum absolute atomic E-state index is 12.5. The molecule has 0 aromatic heterocycles. The molecule has 0 atom stereocenters. The van der Waals surface area contributed by atoms with E-state index in [4.69, 9.17) is 0 Å². The minimum atomic E-state index is -3.66. The largest absolute Gasteiger partial charge is 0.465 e. The number of hydrogen-bond acceptors (Lipinski definition) is 5. The topological polar surface area (TPSA) is 84.5 Å². The van der Waals surface area contributed by atoms with Gasteiger partial charge in [-0.15, -0.1) is 0 Å². The zero-order valence-electron chi connectivity index (χ0n) is 14.1. The molecule has 0 saturated carbocycles. The molecular weight excluding hydrogens is 340 g/mol. The Labute approximate surface area is 147 Å². The van der Waals surface area contributed by atoms with E-state index in [9.17, 15) is 13.2 Å². The van der Waals surface area contributed by atoms with E-state index in [1.54, 1.807) is 6.92 Å². The second-order valence-corrected chi connectivity index (χ2v) is 7.77. The van der Waals surface area contributed by atoms with Gasteiger partial charge in [-0.2, -0.15) is 0 Å². The van der Waals surface area contributed by atoms with E-state index in [1.807, 2.05) is 18.2 Å². The third-order valence-corrected chi connectivity index (χ3v) is 5.68. The van der Waals surface area contributed by atoms with Crippen LogP contribution in [-0.4, -0.2) is 21.5 Å². The predicted molar refractivity (Wildman–Crippen MR) is 93.5 cm³/mol. The standard InChI is InChI=1S/C18H20N2O4S/c1-12-7-16(5-6-17(12)18(21)24-2)25(22,23)20-9-13-3-4-14-10-19-11-15(14)8-13/h3-8,19-20H,9-11H2,1-2H3. The SMILES string of the molecule is COC(=O)c1ccc(S(=O)(=O)NCc2ccc3c(c2)CNC3)cc1C. The molecule has 1 aliphatic rings. The fourth-order valence-corrected chi connectivity index (χ4v) is 3.96. The minimum absolute atomic E-state index is 0.125. The van der Waals surface area contributed by atoms with Gasteiger partial charge in [-0.3, -0.25) is 0 Å². The summed E-state index contributed by atoms with van der Waals surface area (Å²) in [6.45, 7) is 3.56. The second-order valence-electron chi connectivity index (χ2n) is 6.00. The van der Waals surface area contributed by atoms with E-state index >= 15 is 0 Å². The van der Waals surface area contributed by atoms with Gasteiger partial charge in [0.05, 0.1) is 17.6 Å². The average molecular weight is 360 g/mol. The zero-order chi connectivity index (χ0) is 18.0. The van der Waals surface area contributed by atoms with Gasteiger partial charge in [0.15, 0.2) is 0 Å². The Hall–Kier alpha value is -2.22. The summed E-state index contributed by atoms with van der Waals surface area (Å²) in [4.78, 5) is 11.7. The van der Waals surface area contributed by atoms with Crippen LogP contribution in [0.4, 0.5) is 0 Å². The molecule has 2 aromatic carbocycles. The van der Waals surface area contributed by atoms with Crippen molar-refractivity contribution in [2.24, 2.45) is 0 Å². The molecule has 0 unspecified atom stereocenters. The number of rotatable bonds is 5. The van der Waals surface area contributed by atoms with Gasteiger partial charge < -0.3 is 10.1 Å². The van der Waals surface area contributed by atoms with Crippen molar-refractivity contribution in [3.8, 4) is 0 Å². The highest BCUT2D eigenvalue weighted by Gasteiger charge is 2.18. The molecule has 0 radical (unpaired) electrons. The predicted octanol–water partition coefficient (Wildman–Crippen LogP) is 1.86. The lowest BCUT2D eigenvalue weighted by Crippen LogP contribution is -2.23. The zero-order valence-corrected chi connectivity index (χ0v) is 14.9. The Balaban J connectivity index is 1.75. The summed E-state index contributed by atoms with van der Waals surface area (Å²) < 4.78 is 32.3. The number of esters is 1. The molecule has 132 valence electrons. The molecule has 0 amide bonds. The van der Waals surface area contributed by atoms with Gasteiger partial charge in [0.1, 0.15) is 0 Å². The first-order valence-corrected chi connectivity index (χ1v) is 9.39. The van der Waals surface area contributed by atoms with Gasteiger partial charge in [0.2, 0.25) is 10.0 Å². The number of ether oxygens (including phenoxy) is 1. The summed E-state index contributed by atoms with van der Waals surface area (Å²) in [5.74, 6) is -0.485. The fraction of sp³-hybridized carbons (Fsp3) is 0.278. The molecule has 2 aromatic rings. The van der Waals surface area contributed by atoms with E-state index in [-0.39, 0.29) is 11.4 Å². The van der Waals surface area contributed by atoms with Crippen LogP contribution in [0.15, 0.2) is 41.3 Å². The van der Waals surface area contributed by atoms with Crippen LogP contribution >= 0.6 is 0 Å². The van der Waals surface area contributed by atoms with Crippen molar-refractivity contribution < 1.29 is 17.9 Å². The van der Waals surface area contributed by atoms with Crippen molar-refractivity contribution in [3.63, 3.8) is 0 Å². The summed E-state index contributed by atoms with van der Waals surface area (Å²) in [7, 11) is -2.37. The summed E-state index contributed by atoms with van der Waals surface area (Å²) in [6, 6.07) is 10.3. The van der Waals surface area contributed by atoms with E-state index in [2.05, 4.69) is 14.8 Å². The Morgan fingerprint density at radius 3 is 2.64 bits per heavy atom. The van der Waals surface area contributed by atoms with Crippen LogP contribution in [0.2, 0.25) is 0 Å². The molecule has 0 aliphatic carbocycles. The number of methoxy groups -OCH3 is 1. The second kappa shape index (κ2) is 6.95. The Morgan fingerprint density at radius 1 is 1.16 bits per heavy atom. The quantitative estimate of drug-likeness (QED) is 0.795. The number of sulfonamides is 1. The first-order valence-electron chi connectivity index (χ1n) is 7.91. The number of nitrogens with one attached hydrogen (secondary N) is 2. The first-order chi connectivity index (χ1) is 11.9. The summed E-state index contributed by atoms with van der Waals surface area (Å²) >= 11 is 0. The highest BCUT2D eigenvalue weighted by Crippen LogP contribution is 2.19. The van der Waals surface area contributed by atoms with Crippen molar-refractivity contribution in [2.45, 2.75) is 31.5 Å². The van der Waals surface area contributed by atoms with Crippen molar-refractivity contribution in [1.29, 1.82) is 0 Å². The Morgan fingerprint density at radius 2 is 1.92 bits per heavy atom. The highest BCUT2D eigenvalue weighted by atomic mass is 32.2. The van der Waals surface area contributed by atoms with E-state index < -0.39 is 16.0 Å². The average Bonchev–Trinajstić information content (AvgIpc) is 3.07. The van der Waals surface area contributed by atoms with E-state index in [1.165, 1.54) is 36.4 Å².